The first-order chi connectivity index (χ1) is 11.2. The summed E-state index contributed by atoms with van der Waals surface area (Å²) in [6, 6.07) is 9.26. The van der Waals surface area contributed by atoms with Crippen LogP contribution in [0.25, 0.3) is 0 Å². The molecule has 2 N–H and O–H groups in total. The third-order valence-electron chi connectivity index (χ3n) is 5.98. The van der Waals surface area contributed by atoms with Gasteiger partial charge in [0, 0.05) is 5.54 Å². The van der Waals surface area contributed by atoms with Gasteiger partial charge in [0.1, 0.15) is 6.07 Å². The first kappa shape index (κ1) is 14.7. The number of para-hydroxylation sites is 1. The van der Waals surface area contributed by atoms with Crippen LogP contribution in [0.5, 0.6) is 0 Å². The van der Waals surface area contributed by atoms with Crippen molar-refractivity contribution in [2.75, 3.05) is 11.9 Å². The minimum Gasteiger partial charge on any atom is -0.324 e. The van der Waals surface area contributed by atoms with Crippen LogP contribution in [-0.2, 0) is 4.79 Å². The quantitative estimate of drug-likeness (QED) is 0.898. The van der Waals surface area contributed by atoms with Crippen molar-refractivity contribution in [3.8, 4) is 6.07 Å². The monoisotopic (exact) mass is 309 g/mol. The van der Waals surface area contributed by atoms with E-state index in [1.165, 1.54) is 38.5 Å². The highest BCUT2D eigenvalue weighted by atomic mass is 16.1. The van der Waals surface area contributed by atoms with Gasteiger partial charge in [0.2, 0.25) is 5.91 Å². The fourth-order valence-electron chi connectivity index (χ4n) is 5.48. The van der Waals surface area contributed by atoms with Gasteiger partial charge in [-0.3, -0.25) is 4.79 Å². The summed E-state index contributed by atoms with van der Waals surface area (Å²) < 4.78 is 0. The summed E-state index contributed by atoms with van der Waals surface area (Å²) in [7, 11) is 0. The molecule has 4 aliphatic carbocycles. The number of hydrogen-bond acceptors (Lipinski definition) is 3. The van der Waals surface area contributed by atoms with E-state index < -0.39 is 0 Å². The maximum atomic E-state index is 12.3. The Balaban J connectivity index is 1.38. The van der Waals surface area contributed by atoms with Crippen molar-refractivity contribution in [2.24, 2.45) is 17.8 Å². The minimum atomic E-state index is -0.0524. The van der Waals surface area contributed by atoms with Crippen LogP contribution in [0.15, 0.2) is 24.3 Å². The molecule has 0 atom stereocenters. The van der Waals surface area contributed by atoms with E-state index in [0.717, 1.165) is 17.8 Å². The number of carbonyl (C=O) groups excluding carboxylic acids is 1. The van der Waals surface area contributed by atoms with Crippen LogP contribution in [-0.4, -0.2) is 18.0 Å². The van der Waals surface area contributed by atoms with E-state index in [4.69, 9.17) is 5.26 Å². The molecule has 0 unspecified atom stereocenters. The molecule has 4 heteroatoms. The number of nitrogens with one attached hydrogen (secondary N) is 2. The Bertz CT molecular complexity index is 626. The van der Waals surface area contributed by atoms with E-state index in [2.05, 4.69) is 16.7 Å². The van der Waals surface area contributed by atoms with Crippen LogP contribution in [0, 0.1) is 29.1 Å². The lowest BCUT2D eigenvalue weighted by molar-refractivity contribution is -0.116. The van der Waals surface area contributed by atoms with Gasteiger partial charge < -0.3 is 10.6 Å². The second kappa shape index (κ2) is 5.65. The molecule has 4 nitrogen and oxygen atoms in total. The number of benzene rings is 1. The molecule has 0 aliphatic heterocycles. The van der Waals surface area contributed by atoms with Crippen molar-refractivity contribution in [3.63, 3.8) is 0 Å². The van der Waals surface area contributed by atoms with Crippen molar-refractivity contribution in [1.82, 2.24) is 5.32 Å². The molecule has 23 heavy (non-hydrogen) atoms. The molecular formula is C19H23N3O. The first-order valence-electron chi connectivity index (χ1n) is 8.70. The minimum absolute atomic E-state index is 0.0524. The zero-order valence-electron chi connectivity index (χ0n) is 13.3. The predicted octanol–water partition coefficient (Wildman–Crippen LogP) is 3.06. The summed E-state index contributed by atoms with van der Waals surface area (Å²) in [4.78, 5) is 12.3. The van der Waals surface area contributed by atoms with Crippen LogP contribution in [0.1, 0.15) is 44.1 Å². The number of anilines is 1. The van der Waals surface area contributed by atoms with Crippen LogP contribution in [0.4, 0.5) is 5.69 Å². The second-order valence-electron chi connectivity index (χ2n) is 7.76. The third kappa shape index (κ3) is 2.86. The van der Waals surface area contributed by atoms with E-state index in [-0.39, 0.29) is 11.4 Å². The van der Waals surface area contributed by atoms with Crippen molar-refractivity contribution in [1.29, 1.82) is 5.26 Å². The highest BCUT2D eigenvalue weighted by Crippen LogP contribution is 2.55. The summed E-state index contributed by atoms with van der Waals surface area (Å²) in [6.45, 7) is 0.339. The van der Waals surface area contributed by atoms with E-state index >= 15 is 0 Å². The van der Waals surface area contributed by atoms with Gasteiger partial charge in [0.05, 0.1) is 17.8 Å². The number of nitrogens with zero attached hydrogens (tertiary/aromatic N) is 1. The van der Waals surface area contributed by atoms with E-state index in [0.29, 0.717) is 17.8 Å². The van der Waals surface area contributed by atoms with E-state index in [1.54, 1.807) is 12.1 Å². The van der Waals surface area contributed by atoms with Crippen LogP contribution in [0.2, 0.25) is 0 Å². The summed E-state index contributed by atoms with van der Waals surface area (Å²) in [5, 5.41) is 15.6. The summed E-state index contributed by atoms with van der Waals surface area (Å²) >= 11 is 0. The number of rotatable bonds is 4. The molecule has 120 valence electrons. The Morgan fingerprint density at radius 1 is 1.13 bits per heavy atom. The van der Waals surface area contributed by atoms with Gasteiger partial charge in [-0.1, -0.05) is 12.1 Å². The Morgan fingerprint density at radius 2 is 1.74 bits per heavy atom. The van der Waals surface area contributed by atoms with Crippen molar-refractivity contribution < 1.29 is 4.79 Å². The molecule has 4 fully saturated rings. The Labute approximate surface area is 137 Å². The SMILES string of the molecule is N#Cc1ccccc1NC(=O)CNC12CC3CC(CC(C3)C1)C2. The van der Waals surface area contributed by atoms with Gasteiger partial charge in [0.25, 0.3) is 0 Å². The van der Waals surface area contributed by atoms with Gasteiger partial charge >= 0.3 is 0 Å². The standard InChI is InChI=1S/C19H23N3O/c20-11-16-3-1-2-4-17(16)22-18(23)12-21-19-8-13-5-14(9-19)7-15(6-13)10-19/h1-4,13-15,21H,5-10,12H2,(H,22,23). The van der Waals surface area contributed by atoms with Gasteiger partial charge in [-0.15, -0.1) is 0 Å². The molecule has 1 aromatic carbocycles. The lowest BCUT2D eigenvalue weighted by Crippen LogP contribution is -2.59. The molecule has 1 amide bonds. The zero-order valence-corrected chi connectivity index (χ0v) is 13.3. The molecule has 0 saturated heterocycles. The third-order valence-corrected chi connectivity index (χ3v) is 5.98. The van der Waals surface area contributed by atoms with Crippen LogP contribution in [0.3, 0.4) is 0 Å². The highest BCUT2D eigenvalue weighted by Gasteiger charge is 2.50. The Morgan fingerprint density at radius 3 is 2.35 bits per heavy atom. The van der Waals surface area contributed by atoms with Crippen LogP contribution >= 0.6 is 0 Å². The van der Waals surface area contributed by atoms with E-state index in [1.807, 2.05) is 12.1 Å². The molecule has 0 radical (unpaired) electrons. The molecule has 4 saturated carbocycles. The van der Waals surface area contributed by atoms with Gasteiger partial charge in [-0.25, -0.2) is 0 Å². The van der Waals surface area contributed by atoms with Crippen molar-refractivity contribution >= 4 is 11.6 Å². The van der Waals surface area contributed by atoms with E-state index in [9.17, 15) is 4.79 Å². The molecule has 1 aromatic rings. The number of carbonyl (C=O) groups is 1. The molecule has 5 rings (SSSR count). The summed E-state index contributed by atoms with van der Waals surface area (Å²) in [6.07, 6.45) is 7.93. The average molecular weight is 309 g/mol. The van der Waals surface area contributed by atoms with Crippen molar-refractivity contribution in [2.45, 2.75) is 44.1 Å². The zero-order chi connectivity index (χ0) is 15.9. The maximum absolute atomic E-state index is 12.3. The van der Waals surface area contributed by atoms with Gasteiger partial charge in [-0.2, -0.15) is 5.26 Å². The largest absolute Gasteiger partial charge is 0.324 e. The normalized spacial score (nSPS) is 34.1. The van der Waals surface area contributed by atoms with Gasteiger partial charge in [-0.05, 0) is 68.4 Å². The summed E-state index contributed by atoms with van der Waals surface area (Å²) in [5.74, 6) is 2.56. The number of amides is 1. The Kier molecular flexibility index (Phi) is 3.61. The van der Waals surface area contributed by atoms with Crippen molar-refractivity contribution in [3.05, 3.63) is 29.8 Å². The number of nitriles is 1. The summed E-state index contributed by atoms with van der Waals surface area (Å²) in [5.41, 5.74) is 1.31. The van der Waals surface area contributed by atoms with Gasteiger partial charge in [0.15, 0.2) is 0 Å². The lowest BCUT2D eigenvalue weighted by Gasteiger charge is -2.57. The maximum Gasteiger partial charge on any atom is 0.238 e. The lowest BCUT2D eigenvalue weighted by atomic mass is 9.53. The molecule has 4 bridgehead atoms. The fourth-order valence-corrected chi connectivity index (χ4v) is 5.48. The molecule has 0 aromatic heterocycles. The Hall–Kier alpha value is -1.86. The smallest absolute Gasteiger partial charge is 0.238 e. The topological polar surface area (TPSA) is 64.9 Å². The molecule has 0 heterocycles. The number of hydrogen-bond donors (Lipinski definition) is 2. The highest BCUT2D eigenvalue weighted by molar-refractivity contribution is 5.93. The average Bonchev–Trinajstić information content (AvgIpc) is 2.52. The molecule has 0 spiro atoms. The molecular weight excluding hydrogens is 286 g/mol. The predicted molar refractivity (Wildman–Crippen MR) is 88.7 cm³/mol. The fraction of sp³-hybridized carbons (Fsp3) is 0.579. The first-order valence-corrected chi connectivity index (χ1v) is 8.70. The second-order valence-corrected chi connectivity index (χ2v) is 7.76. The molecule has 4 aliphatic rings. The van der Waals surface area contributed by atoms with Crippen LogP contribution < -0.4 is 10.6 Å².